The Morgan fingerprint density at radius 3 is 3.00 bits per heavy atom. The molecule has 0 fully saturated rings. The number of tetrazole rings is 1. The normalized spacial score (nSPS) is 12.1. The Kier molecular flexibility index (Phi) is 4.78. The first-order valence-electron chi connectivity index (χ1n) is 6.50. The molecule has 0 spiro atoms. The third-order valence-electron chi connectivity index (χ3n) is 3.03. The zero-order chi connectivity index (χ0) is 14.4. The predicted molar refractivity (Wildman–Crippen MR) is 72.9 cm³/mol. The summed E-state index contributed by atoms with van der Waals surface area (Å²) in [5.41, 5.74) is 1.25. The summed E-state index contributed by atoms with van der Waals surface area (Å²) in [4.78, 5) is 12.2. The van der Waals surface area contributed by atoms with Gasteiger partial charge in [-0.15, -0.1) is 10.2 Å². The second kappa shape index (κ2) is 6.76. The number of aliphatic hydroxyl groups excluding tert-OH is 1. The predicted octanol–water partition coefficient (Wildman–Crippen LogP) is 0.757. The number of carbonyl (C=O) groups excluding carboxylic acids is 1. The molecule has 1 atom stereocenters. The zero-order valence-electron chi connectivity index (χ0n) is 11.2. The number of benzene rings is 1. The monoisotopic (exact) mass is 275 g/mol. The van der Waals surface area contributed by atoms with Gasteiger partial charge in [0, 0.05) is 23.8 Å². The lowest BCUT2D eigenvalue weighted by molar-refractivity contribution is 0.0929. The number of carbonyl (C=O) groups is 1. The van der Waals surface area contributed by atoms with Gasteiger partial charge in [0.1, 0.15) is 0 Å². The fraction of sp³-hybridized carbons (Fsp3) is 0.385. The van der Waals surface area contributed by atoms with Crippen LogP contribution >= 0.6 is 0 Å². The van der Waals surface area contributed by atoms with Crippen LogP contribution in [0.25, 0.3) is 11.4 Å². The maximum atomic E-state index is 12.2. The minimum Gasteiger partial charge on any atom is -0.396 e. The maximum Gasteiger partial charge on any atom is 0.251 e. The SMILES string of the molecule is CCC(CCO)NC(=O)c1cccc(-c2nn[nH]n2)c1. The summed E-state index contributed by atoms with van der Waals surface area (Å²) in [6.07, 6.45) is 1.32. The van der Waals surface area contributed by atoms with Gasteiger partial charge in [-0.25, -0.2) is 0 Å². The van der Waals surface area contributed by atoms with Gasteiger partial charge in [-0.3, -0.25) is 4.79 Å². The molecule has 1 aromatic heterocycles. The van der Waals surface area contributed by atoms with Gasteiger partial charge in [-0.1, -0.05) is 19.1 Å². The number of aliphatic hydroxyl groups is 1. The third-order valence-corrected chi connectivity index (χ3v) is 3.03. The van der Waals surface area contributed by atoms with Crippen molar-refractivity contribution >= 4 is 5.91 Å². The molecule has 0 aliphatic heterocycles. The first-order valence-corrected chi connectivity index (χ1v) is 6.50. The van der Waals surface area contributed by atoms with Crippen molar-refractivity contribution in [2.45, 2.75) is 25.8 Å². The molecule has 1 unspecified atom stereocenters. The minimum atomic E-state index is -0.171. The van der Waals surface area contributed by atoms with E-state index in [2.05, 4.69) is 25.9 Å². The van der Waals surface area contributed by atoms with E-state index in [0.717, 1.165) is 12.0 Å². The molecule has 0 bridgehead atoms. The smallest absolute Gasteiger partial charge is 0.251 e. The Morgan fingerprint density at radius 2 is 2.35 bits per heavy atom. The van der Waals surface area contributed by atoms with E-state index in [9.17, 15) is 4.79 Å². The molecule has 3 N–H and O–H groups in total. The number of amides is 1. The van der Waals surface area contributed by atoms with Gasteiger partial charge in [-0.05, 0) is 30.2 Å². The maximum absolute atomic E-state index is 12.2. The van der Waals surface area contributed by atoms with Crippen LogP contribution in [-0.2, 0) is 0 Å². The lowest BCUT2D eigenvalue weighted by atomic mass is 10.1. The van der Waals surface area contributed by atoms with E-state index in [1.807, 2.05) is 13.0 Å². The lowest BCUT2D eigenvalue weighted by Crippen LogP contribution is -2.35. The molecule has 0 saturated heterocycles. The van der Waals surface area contributed by atoms with Crippen LogP contribution in [0.3, 0.4) is 0 Å². The number of hydrogen-bond donors (Lipinski definition) is 3. The van der Waals surface area contributed by atoms with E-state index in [-0.39, 0.29) is 18.6 Å². The summed E-state index contributed by atoms with van der Waals surface area (Å²) in [6, 6.07) is 7.00. The van der Waals surface area contributed by atoms with Gasteiger partial charge in [0.25, 0.3) is 5.91 Å². The van der Waals surface area contributed by atoms with Crippen LogP contribution in [0.5, 0.6) is 0 Å². The van der Waals surface area contributed by atoms with Crippen molar-refractivity contribution in [2.75, 3.05) is 6.61 Å². The molecule has 20 heavy (non-hydrogen) atoms. The van der Waals surface area contributed by atoms with Crippen molar-refractivity contribution in [1.29, 1.82) is 0 Å². The number of nitrogens with one attached hydrogen (secondary N) is 2. The topological polar surface area (TPSA) is 104 Å². The second-order valence-electron chi connectivity index (χ2n) is 4.41. The van der Waals surface area contributed by atoms with E-state index in [1.54, 1.807) is 18.2 Å². The molecular formula is C13H17N5O2. The molecule has 1 heterocycles. The second-order valence-corrected chi connectivity index (χ2v) is 4.41. The zero-order valence-corrected chi connectivity index (χ0v) is 11.2. The number of H-pyrrole nitrogens is 1. The number of aromatic nitrogens is 4. The lowest BCUT2D eigenvalue weighted by Gasteiger charge is -2.15. The standard InChI is InChI=1S/C13H17N5O2/c1-2-11(6-7-19)14-13(20)10-5-3-4-9(8-10)12-15-17-18-16-12/h3-5,8,11,19H,2,6-7H2,1H3,(H,14,20)(H,15,16,17,18). The molecule has 2 aromatic rings. The Bertz CT molecular complexity index is 556. The molecule has 2 rings (SSSR count). The van der Waals surface area contributed by atoms with Crippen molar-refractivity contribution < 1.29 is 9.90 Å². The van der Waals surface area contributed by atoms with Crippen molar-refractivity contribution in [3.63, 3.8) is 0 Å². The fourth-order valence-electron chi connectivity index (χ4n) is 1.89. The van der Waals surface area contributed by atoms with Crippen molar-refractivity contribution in [3.8, 4) is 11.4 Å². The summed E-state index contributed by atoms with van der Waals surface area (Å²) in [7, 11) is 0. The number of aromatic amines is 1. The van der Waals surface area contributed by atoms with Gasteiger partial charge >= 0.3 is 0 Å². The molecular weight excluding hydrogens is 258 g/mol. The number of nitrogens with zero attached hydrogens (tertiary/aromatic N) is 3. The quantitative estimate of drug-likeness (QED) is 0.722. The summed E-state index contributed by atoms with van der Waals surface area (Å²) in [6.45, 7) is 2.03. The van der Waals surface area contributed by atoms with Crippen LogP contribution in [0.2, 0.25) is 0 Å². The molecule has 0 aliphatic rings. The largest absolute Gasteiger partial charge is 0.396 e. The van der Waals surface area contributed by atoms with Crippen LogP contribution < -0.4 is 5.32 Å². The molecule has 106 valence electrons. The molecule has 0 aliphatic carbocycles. The highest BCUT2D eigenvalue weighted by Crippen LogP contribution is 2.15. The van der Waals surface area contributed by atoms with E-state index in [1.165, 1.54) is 0 Å². The van der Waals surface area contributed by atoms with Crippen LogP contribution in [0.15, 0.2) is 24.3 Å². The van der Waals surface area contributed by atoms with Crippen molar-refractivity contribution in [2.24, 2.45) is 0 Å². The van der Waals surface area contributed by atoms with E-state index in [0.29, 0.717) is 17.8 Å². The van der Waals surface area contributed by atoms with Crippen LogP contribution in [0.1, 0.15) is 30.1 Å². The highest BCUT2D eigenvalue weighted by atomic mass is 16.3. The Labute approximate surface area is 116 Å². The van der Waals surface area contributed by atoms with E-state index in [4.69, 9.17) is 5.11 Å². The van der Waals surface area contributed by atoms with Gasteiger partial charge in [-0.2, -0.15) is 5.21 Å². The molecule has 1 aromatic carbocycles. The van der Waals surface area contributed by atoms with Gasteiger partial charge in [0.2, 0.25) is 5.82 Å². The average Bonchev–Trinajstić information content (AvgIpc) is 3.01. The van der Waals surface area contributed by atoms with Crippen molar-refractivity contribution in [3.05, 3.63) is 29.8 Å². The number of hydrogen-bond acceptors (Lipinski definition) is 5. The van der Waals surface area contributed by atoms with Crippen LogP contribution in [-0.4, -0.2) is 44.3 Å². The average molecular weight is 275 g/mol. The first-order chi connectivity index (χ1) is 9.74. The summed E-state index contributed by atoms with van der Waals surface area (Å²) in [5.74, 6) is 0.276. The molecule has 7 nitrogen and oxygen atoms in total. The van der Waals surface area contributed by atoms with E-state index < -0.39 is 0 Å². The fourth-order valence-corrected chi connectivity index (χ4v) is 1.89. The first kappa shape index (κ1) is 14.1. The third kappa shape index (κ3) is 3.39. The van der Waals surface area contributed by atoms with Crippen molar-refractivity contribution in [1.82, 2.24) is 25.9 Å². The Balaban J connectivity index is 2.12. The Hall–Kier alpha value is -2.28. The number of rotatable bonds is 6. The molecule has 0 radical (unpaired) electrons. The summed E-state index contributed by atoms with van der Waals surface area (Å²) >= 11 is 0. The highest BCUT2D eigenvalue weighted by molar-refractivity contribution is 5.95. The summed E-state index contributed by atoms with van der Waals surface area (Å²) in [5, 5.41) is 25.5. The minimum absolute atomic E-state index is 0.0265. The van der Waals surface area contributed by atoms with E-state index >= 15 is 0 Å². The highest BCUT2D eigenvalue weighted by Gasteiger charge is 2.13. The van der Waals surface area contributed by atoms with Crippen LogP contribution in [0, 0.1) is 0 Å². The molecule has 1 amide bonds. The van der Waals surface area contributed by atoms with Gasteiger partial charge in [0.05, 0.1) is 0 Å². The van der Waals surface area contributed by atoms with Gasteiger partial charge in [0.15, 0.2) is 0 Å². The van der Waals surface area contributed by atoms with Crippen LogP contribution in [0.4, 0.5) is 0 Å². The van der Waals surface area contributed by atoms with Gasteiger partial charge < -0.3 is 10.4 Å². The molecule has 0 saturated carbocycles. The summed E-state index contributed by atoms with van der Waals surface area (Å²) < 4.78 is 0. The Morgan fingerprint density at radius 1 is 1.50 bits per heavy atom. The molecule has 7 heteroatoms.